The van der Waals surface area contributed by atoms with Crippen LogP contribution in [0.1, 0.15) is 11.4 Å². The third kappa shape index (κ3) is 7.89. The van der Waals surface area contributed by atoms with Crippen molar-refractivity contribution in [1.82, 2.24) is 15.2 Å². The molecule has 6 heteroatoms. The van der Waals surface area contributed by atoms with Crippen LogP contribution in [0.15, 0.2) is 224 Å². The van der Waals surface area contributed by atoms with Gasteiger partial charge >= 0.3 is 0 Å². The Bertz CT molecular complexity index is 2480. The molecule has 0 amide bonds. The molecular formula is C52H40N6. The fraction of sp³-hybridized carbons (Fsp3) is 0. The lowest BCUT2D eigenvalue weighted by Crippen LogP contribution is -2.13. The summed E-state index contributed by atoms with van der Waals surface area (Å²) in [5, 5.41) is 8.84. The second kappa shape index (κ2) is 16.8. The van der Waals surface area contributed by atoms with Crippen molar-refractivity contribution in [3.05, 3.63) is 236 Å². The zero-order valence-corrected chi connectivity index (χ0v) is 31.8. The predicted molar refractivity (Wildman–Crippen MR) is 241 cm³/mol. The molecule has 0 spiro atoms. The number of aromatic amines is 1. The van der Waals surface area contributed by atoms with Gasteiger partial charge in [0, 0.05) is 56.7 Å². The van der Waals surface area contributed by atoms with E-state index in [9.17, 15) is 0 Å². The number of H-pyrrole nitrogens is 1. The van der Waals surface area contributed by atoms with Crippen LogP contribution in [0.2, 0.25) is 0 Å². The van der Waals surface area contributed by atoms with Crippen LogP contribution in [-0.4, -0.2) is 15.2 Å². The highest BCUT2D eigenvalue weighted by Gasteiger charge is 2.18. The Hall–Kier alpha value is -7.96. The van der Waals surface area contributed by atoms with E-state index < -0.39 is 0 Å². The highest BCUT2D eigenvalue weighted by molar-refractivity contribution is 5.84. The van der Waals surface area contributed by atoms with Gasteiger partial charge in [-0.1, -0.05) is 109 Å². The quantitative estimate of drug-likeness (QED) is 0.135. The average molecular weight is 749 g/mol. The molecule has 6 nitrogen and oxygen atoms in total. The fourth-order valence-electron chi connectivity index (χ4n) is 7.14. The van der Waals surface area contributed by atoms with Crippen LogP contribution in [0, 0.1) is 0 Å². The topological polar surface area (TPSA) is 51.3 Å². The van der Waals surface area contributed by atoms with E-state index in [1.165, 1.54) is 0 Å². The third-order valence-corrected chi connectivity index (χ3v) is 9.93. The summed E-state index contributed by atoms with van der Waals surface area (Å²) in [5.74, 6) is 1.41. The third-order valence-electron chi connectivity index (χ3n) is 9.93. The molecule has 0 radical (unpaired) electrons. The number of nitrogens with zero attached hydrogens (tertiary/aromatic N) is 5. The number of benzene rings is 8. The van der Waals surface area contributed by atoms with E-state index in [0.29, 0.717) is 11.6 Å². The molecule has 1 heterocycles. The summed E-state index contributed by atoms with van der Waals surface area (Å²) >= 11 is 0. The molecule has 0 saturated carbocycles. The smallest absolute Gasteiger partial charge is 0.161 e. The molecule has 1 aromatic heterocycles. The minimum atomic E-state index is 0.699. The highest BCUT2D eigenvalue weighted by atomic mass is 15.2. The van der Waals surface area contributed by atoms with Crippen molar-refractivity contribution in [2.45, 2.75) is 0 Å². The first-order valence-electron chi connectivity index (χ1n) is 19.3. The lowest BCUT2D eigenvalue weighted by molar-refractivity contribution is 1.08. The Morgan fingerprint density at radius 2 is 0.586 bits per heavy atom. The van der Waals surface area contributed by atoms with Gasteiger partial charge in [-0.15, -0.1) is 10.2 Å². The van der Waals surface area contributed by atoms with Gasteiger partial charge in [-0.3, -0.25) is 0 Å². The van der Waals surface area contributed by atoms with Crippen molar-refractivity contribution in [3.63, 3.8) is 0 Å². The van der Waals surface area contributed by atoms with E-state index in [-0.39, 0.29) is 0 Å². The Morgan fingerprint density at radius 3 is 0.931 bits per heavy atom. The maximum atomic E-state index is 4.46. The number of para-hydroxylation sites is 4. The molecule has 0 saturated heterocycles. The summed E-state index contributed by atoms with van der Waals surface area (Å²) in [6, 6.07) is 78.1. The maximum Gasteiger partial charge on any atom is 0.161 e. The Morgan fingerprint density at radius 1 is 0.293 bits per heavy atom. The van der Waals surface area contributed by atoms with Crippen LogP contribution in [0.25, 0.3) is 23.5 Å². The summed E-state index contributed by atoms with van der Waals surface area (Å²) in [4.78, 5) is 10.2. The summed E-state index contributed by atoms with van der Waals surface area (Å²) in [7, 11) is 0. The monoisotopic (exact) mass is 748 g/mol. The van der Waals surface area contributed by atoms with Gasteiger partial charge in [0.05, 0.1) is 0 Å². The SMILES string of the molecule is C(=Cc1nnc(-c2ccc(N(c3ccc(N(c4ccccc4)c4ccccc4)cc3)c3ccc(N(c4ccccc4)c4ccccc4)cc3)cc2)[nH]1)c1ccccc1. The highest BCUT2D eigenvalue weighted by Crippen LogP contribution is 2.41. The van der Waals surface area contributed by atoms with Crippen LogP contribution >= 0.6 is 0 Å². The largest absolute Gasteiger partial charge is 0.321 e. The van der Waals surface area contributed by atoms with Crippen LogP contribution in [0.3, 0.4) is 0 Å². The van der Waals surface area contributed by atoms with Gasteiger partial charge in [-0.05, 0) is 133 Å². The summed E-state index contributed by atoms with van der Waals surface area (Å²) < 4.78 is 0. The van der Waals surface area contributed by atoms with Crippen LogP contribution in [0.4, 0.5) is 51.2 Å². The van der Waals surface area contributed by atoms with E-state index in [2.05, 4.69) is 212 Å². The van der Waals surface area contributed by atoms with E-state index >= 15 is 0 Å². The molecule has 0 atom stereocenters. The van der Waals surface area contributed by atoms with Gasteiger partial charge in [0.1, 0.15) is 0 Å². The molecule has 9 rings (SSSR count). The number of hydrogen-bond donors (Lipinski definition) is 1. The van der Waals surface area contributed by atoms with Crippen molar-refractivity contribution in [2.24, 2.45) is 0 Å². The minimum Gasteiger partial charge on any atom is -0.321 e. The molecule has 0 fully saturated rings. The zero-order chi connectivity index (χ0) is 38.9. The molecule has 1 N–H and O–H groups in total. The van der Waals surface area contributed by atoms with E-state index in [1.54, 1.807) is 0 Å². The van der Waals surface area contributed by atoms with Crippen molar-refractivity contribution in [3.8, 4) is 11.4 Å². The summed E-state index contributed by atoms with van der Waals surface area (Å²) in [6.45, 7) is 0. The van der Waals surface area contributed by atoms with Crippen molar-refractivity contribution in [2.75, 3.05) is 14.7 Å². The van der Waals surface area contributed by atoms with Gasteiger partial charge in [0.15, 0.2) is 11.6 Å². The number of rotatable bonds is 12. The molecule has 9 aromatic rings. The van der Waals surface area contributed by atoms with Crippen molar-refractivity contribution < 1.29 is 0 Å². The minimum absolute atomic E-state index is 0.699. The van der Waals surface area contributed by atoms with Crippen LogP contribution in [0.5, 0.6) is 0 Å². The molecule has 0 aliphatic rings. The van der Waals surface area contributed by atoms with Gasteiger partial charge < -0.3 is 19.7 Å². The predicted octanol–water partition coefficient (Wildman–Crippen LogP) is 14.1. The lowest BCUT2D eigenvalue weighted by Gasteiger charge is -2.29. The molecule has 0 aliphatic carbocycles. The Kier molecular flexibility index (Phi) is 10.4. The standard InChI is InChI=1S/C52H40N6/c1-6-16-40(17-7-1)26-39-51-53-52(55-54-51)41-27-29-46(30-28-41)58(49-35-31-47(32-36-49)56(42-18-8-2-9-19-42)43-20-10-3-11-21-43)50-37-33-48(34-38-50)57(44-22-12-4-13-23-44)45-24-14-5-15-25-45/h1-39H,(H,53,54,55). The number of hydrogen-bond acceptors (Lipinski definition) is 5. The molecule has 0 unspecified atom stereocenters. The van der Waals surface area contributed by atoms with Gasteiger partial charge in [0.25, 0.3) is 0 Å². The normalized spacial score (nSPS) is 11.0. The molecule has 58 heavy (non-hydrogen) atoms. The van der Waals surface area contributed by atoms with E-state index in [4.69, 9.17) is 0 Å². The first-order chi connectivity index (χ1) is 28.8. The molecular weight excluding hydrogens is 709 g/mol. The van der Waals surface area contributed by atoms with Crippen LogP contribution in [-0.2, 0) is 0 Å². The van der Waals surface area contributed by atoms with Gasteiger partial charge in [0.2, 0.25) is 0 Å². The maximum absolute atomic E-state index is 4.46. The number of nitrogens with one attached hydrogen (secondary N) is 1. The van der Waals surface area contributed by atoms with Gasteiger partial charge in [-0.25, -0.2) is 0 Å². The van der Waals surface area contributed by atoms with Gasteiger partial charge in [-0.2, -0.15) is 0 Å². The van der Waals surface area contributed by atoms with Crippen molar-refractivity contribution in [1.29, 1.82) is 0 Å². The van der Waals surface area contributed by atoms with E-state index in [0.717, 1.165) is 62.3 Å². The number of aromatic nitrogens is 3. The number of anilines is 9. The first-order valence-corrected chi connectivity index (χ1v) is 19.3. The lowest BCUT2D eigenvalue weighted by atomic mass is 10.1. The molecule has 278 valence electrons. The zero-order valence-electron chi connectivity index (χ0n) is 31.8. The molecule has 8 aromatic carbocycles. The van der Waals surface area contributed by atoms with Crippen molar-refractivity contribution >= 4 is 63.3 Å². The molecule has 0 bridgehead atoms. The summed E-state index contributed by atoms with van der Waals surface area (Å²) in [6.07, 6.45) is 3.97. The first kappa shape index (κ1) is 35.7. The Labute approximate surface area is 339 Å². The fourth-order valence-corrected chi connectivity index (χ4v) is 7.14. The average Bonchev–Trinajstić information content (AvgIpc) is 3.78. The second-order valence-corrected chi connectivity index (χ2v) is 13.7. The van der Waals surface area contributed by atoms with E-state index in [1.807, 2.05) is 54.6 Å². The molecule has 0 aliphatic heterocycles. The van der Waals surface area contributed by atoms with Crippen LogP contribution < -0.4 is 14.7 Å². The Balaban J connectivity index is 1.07. The second-order valence-electron chi connectivity index (χ2n) is 13.7. The summed E-state index contributed by atoms with van der Waals surface area (Å²) in [5.41, 5.74) is 11.6.